The van der Waals surface area contributed by atoms with Crippen LogP contribution in [-0.2, 0) is 6.42 Å². The number of carboxylic acids is 1. The molecule has 0 radical (unpaired) electrons. The van der Waals surface area contributed by atoms with E-state index in [1.54, 1.807) is 19.2 Å². The molecule has 0 saturated heterocycles. The molecule has 0 fully saturated rings. The Hall–Kier alpha value is -5.08. The number of benzene rings is 2. The maximum Gasteiger partial charge on any atom is 0.355 e. The van der Waals surface area contributed by atoms with Crippen LogP contribution in [0, 0.1) is 36.9 Å². The summed E-state index contributed by atoms with van der Waals surface area (Å²) < 4.78 is 21.2. The first-order valence-corrected chi connectivity index (χ1v) is 16.9. The molecule has 0 spiro atoms. The molecular formula is C35H34FN7O3S2. The van der Waals surface area contributed by atoms with Gasteiger partial charge in [-0.05, 0) is 81.6 Å². The zero-order valence-corrected chi connectivity index (χ0v) is 28.1. The lowest BCUT2D eigenvalue weighted by atomic mass is 10.1. The van der Waals surface area contributed by atoms with Crippen LogP contribution in [-0.4, -0.2) is 51.4 Å². The molecule has 48 heavy (non-hydrogen) atoms. The number of aryl methyl sites for hydroxylation is 2. The van der Waals surface area contributed by atoms with Crippen molar-refractivity contribution in [2.45, 2.75) is 45.1 Å². The molecule has 4 N–H and O–H groups in total. The molecular weight excluding hydrogens is 650 g/mol. The molecule has 13 heteroatoms. The summed E-state index contributed by atoms with van der Waals surface area (Å²) in [6.07, 6.45) is 8.31. The highest BCUT2D eigenvalue weighted by Gasteiger charge is 2.22. The number of hydrogen-bond donors (Lipinski definition) is 4. The lowest BCUT2D eigenvalue weighted by molar-refractivity contribution is 0.0690. The van der Waals surface area contributed by atoms with Crippen LogP contribution in [0.15, 0.2) is 48.5 Å². The van der Waals surface area contributed by atoms with Crippen molar-refractivity contribution in [1.82, 2.24) is 25.5 Å². The smallest absolute Gasteiger partial charge is 0.355 e. The van der Waals surface area contributed by atoms with Crippen LogP contribution in [0.1, 0.15) is 63.9 Å². The predicted octanol–water partition coefficient (Wildman–Crippen LogP) is 6.97. The van der Waals surface area contributed by atoms with Gasteiger partial charge in [-0.1, -0.05) is 35.3 Å². The van der Waals surface area contributed by atoms with E-state index in [1.165, 1.54) is 28.7 Å². The number of ether oxygens (including phenoxy) is 1. The van der Waals surface area contributed by atoms with Gasteiger partial charge < -0.3 is 25.8 Å². The van der Waals surface area contributed by atoms with Crippen LogP contribution in [0.3, 0.4) is 0 Å². The summed E-state index contributed by atoms with van der Waals surface area (Å²) in [4.78, 5) is 21.7. The van der Waals surface area contributed by atoms with E-state index in [0.29, 0.717) is 59.3 Å². The molecule has 3 aromatic heterocycles. The summed E-state index contributed by atoms with van der Waals surface area (Å²) in [6.45, 7) is 2.64. The van der Waals surface area contributed by atoms with E-state index in [-0.39, 0.29) is 24.1 Å². The SMILES string of the molecule is C#CCCCC(Nc1nc(C(=O)O)c(CCCOc2ccc(C#CCNC)cc2F)s1)c1cc(C)c(Nc2nc3ccccc3s2)nn1. The van der Waals surface area contributed by atoms with E-state index in [2.05, 4.69) is 53.9 Å². The van der Waals surface area contributed by atoms with Gasteiger partial charge in [0.05, 0.1) is 35.1 Å². The van der Waals surface area contributed by atoms with Crippen molar-refractivity contribution in [2.75, 3.05) is 30.8 Å². The number of thiazole rings is 2. The molecule has 10 nitrogen and oxygen atoms in total. The molecule has 0 saturated carbocycles. The van der Waals surface area contributed by atoms with Crippen LogP contribution in [0.2, 0.25) is 0 Å². The van der Waals surface area contributed by atoms with Gasteiger partial charge in [0.2, 0.25) is 0 Å². The number of anilines is 3. The molecule has 5 rings (SSSR count). The fourth-order valence-corrected chi connectivity index (χ4v) is 6.69. The molecule has 2 aromatic carbocycles. The van der Waals surface area contributed by atoms with E-state index in [9.17, 15) is 14.3 Å². The Morgan fingerprint density at radius 2 is 1.96 bits per heavy atom. The fourth-order valence-electron chi connectivity index (χ4n) is 4.77. The van der Waals surface area contributed by atoms with E-state index >= 15 is 0 Å². The van der Waals surface area contributed by atoms with Gasteiger partial charge in [0.25, 0.3) is 0 Å². The highest BCUT2D eigenvalue weighted by molar-refractivity contribution is 7.22. The number of aromatic nitrogens is 4. The normalized spacial score (nSPS) is 11.4. The van der Waals surface area contributed by atoms with Crippen molar-refractivity contribution in [3.63, 3.8) is 0 Å². The largest absolute Gasteiger partial charge is 0.491 e. The number of unbranched alkanes of at least 4 members (excludes halogenated alkanes) is 1. The van der Waals surface area contributed by atoms with Crippen molar-refractivity contribution in [3.05, 3.63) is 81.7 Å². The van der Waals surface area contributed by atoms with Gasteiger partial charge in [-0.15, -0.1) is 28.8 Å². The van der Waals surface area contributed by atoms with Gasteiger partial charge >= 0.3 is 5.97 Å². The molecule has 0 amide bonds. The number of para-hydroxylation sites is 1. The number of hydrogen-bond acceptors (Lipinski definition) is 11. The second kappa shape index (κ2) is 16.7. The van der Waals surface area contributed by atoms with E-state index in [4.69, 9.17) is 11.2 Å². The molecule has 246 valence electrons. The number of aromatic carboxylic acids is 1. The molecule has 0 aliphatic rings. The summed E-state index contributed by atoms with van der Waals surface area (Å²) in [5.74, 6) is 7.53. The van der Waals surface area contributed by atoms with Crippen LogP contribution in [0.4, 0.5) is 20.5 Å². The number of carbonyl (C=O) groups is 1. The van der Waals surface area contributed by atoms with Crippen molar-refractivity contribution in [3.8, 4) is 29.9 Å². The van der Waals surface area contributed by atoms with Crippen LogP contribution >= 0.6 is 22.7 Å². The Morgan fingerprint density at radius 1 is 1.10 bits per heavy atom. The van der Waals surface area contributed by atoms with Crippen molar-refractivity contribution in [2.24, 2.45) is 0 Å². The lowest BCUT2D eigenvalue weighted by Crippen LogP contribution is -2.14. The van der Waals surface area contributed by atoms with Gasteiger partial charge in [0, 0.05) is 16.9 Å². The van der Waals surface area contributed by atoms with E-state index in [1.807, 2.05) is 37.3 Å². The third kappa shape index (κ3) is 9.04. The Kier molecular flexibility index (Phi) is 11.9. The van der Waals surface area contributed by atoms with Gasteiger partial charge in [-0.25, -0.2) is 19.2 Å². The molecule has 0 aliphatic heterocycles. The molecule has 5 aromatic rings. The summed E-state index contributed by atoms with van der Waals surface area (Å²) >= 11 is 2.80. The third-order valence-corrected chi connectivity index (χ3v) is 9.12. The molecule has 1 atom stereocenters. The summed E-state index contributed by atoms with van der Waals surface area (Å²) in [6, 6.07) is 14.1. The first-order valence-electron chi connectivity index (χ1n) is 15.3. The Balaban J connectivity index is 1.25. The highest BCUT2D eigenvalue weighted by atomic mass is 32.1. The number of fused-ring (bicyclic) bond motifs is 1. The maximum absolute atomic E-state index is 14.5. The van der Waals surface area contributed by atoms with Gasteiger partial charge in [-0.2, -0.15) is 5.10 Å². The minimum atomic E-state index is -1.12. The van der Waals surface area contributed by atoms with Crippen LogP contribution in [0.5, 0.6) is 5.75 Å². The number of nitrogens with zero attached hydrogens (tertiary/aromatic N) is 4. The summed E-state index contributed by atoms with van der Waals surface area (Å²) in [5.41, 5.74) is 3.00. The lowest BCUT2D eigenvalue weighted by Gasteiger charge is -2.18. The zero-order valence-electron chi connectivity index (χ0n) is 26.5. The summed E-state index contributed by atoms with van der Waals surface area (Å²) in [7, 11) is 1.79. The first kappa shape index (κ1) is 34.3. The fraction of sp³-hybridized carbons (Fsp3) is 0.286. The number of halogens is 1. The second-order valence-electron chi connectivity index (χ2n) is 10.7. The Morgan fingerprint density at radius 3 is 2.71 bits per heavy atom. The Bertz CT molecular complexity index is 1960. The monoisotopic (exact) mass is 683 g/mol. The maximum atomic E-state index is 14.5. The minimum Gasteiger partial charge on any atom is -0.491 e. The topological polar surface area (TPSA) is 134 Å². The van der Waals surface area contributed by atoms with Gasteiger partial charge in [0.15, 0.2) is 33.3 Å². The van der Waals surface area contributed by atoms with Crippen molar-refractivity contribution < 1.29 is 19.0 Å². The van der Waals surface area contributed by atoms with E-state index < -0.39 is 11.8 Å². The average Bonchev–Trinajstić information content (AvgIpc) is 3.68. The van der Waals surface area contributed by atoms with Crippen molar-refractivity contribution >= 4 is 54.9 Å². The predicted molar refractivity (Wildman–Crippen MR) is 189 cm³/mol. The van der Waals surface area contributed by atoms with Gasteiger partial charge in [-0.3, -0.25) is 0 Å². The highest BCUT2D eigenvalue weighted by Crippen LogP contribution is 2.32. The number of rotatable bonds is 15. The second-order valence-corrected chi connectivity index (χ2v) is 12.8. The molecule has 1 unspecified atom stereocenters. The van der Waals surface area contributed by atoms with Crippen LogP contribution in [0.25, 0.3) is 10.2 Å². The van der Waals surface area contributed by atoms with E-state index in [0.717, 1.165) is 27.3 Å². The molecule has 0 aliphatic carbocycles. The average molecular weight is 684 g/mol. The third-order valence-electron chi connectivity index (χ3n) is 7.13. The number of nitrogens with one attached hydrogen (secondary N) is 3. The zero-order chi connectivity index (χ0) is 33.9. The van der Waals surface area contributed by atoms with Gasteiger partial charge in [0.1, 0.15) is 0 Å². The quantitative estimate of drug-likeness (QED) is 0.0677. The summed E-state index contributed by atoms with van der Waals surface area (Å²) in [5, 5.41) is 29.6. The molecule has 0 bridgehead atoms. The van der Waals surface area contributed by atoms with Crippen LogP contribution < -0.4 is 20.7 Å². The number of terminal acetylenes is 1. The standard InChI is InChI=1S/C35H34FN7O3S2/c1-4-5-6-12-25(27-20-22(2)32(43-42-27)41-35-39-26-13-7-8-14-29(26)47-35)38-34-40-31(33(44)45)30(48-34)15-10-19-46-28-17-16-23(21-24(28)36)11-9-18-37-3/h1,7-8,13-14,16-17,20-21,25,37H,5-6,10,12,15,18-19H2,2-3H3,(H,38,40)(H,44,45)(H,39,41,43). The Labute approximate surface area is 286 Å². The first-order chi connectivity index (χ1) is 23.3. The molecule has 3 heterocycles. The minimum absolute atomic E-state index is 0.0294. The number of carboxylic acid groups (broad SMARTS) is 1. The van der Waals surface area contributed by atoms with Crippen molar-refractivity contribution in [1.29, 1.82) is 0 Å².